The normalized spacial score (nSPS) is 13.0. The fraction of sp³-hybridized carbons (Fsp3) is 0.300. The molecular weight excluding hydrogens is 430 g/mol. The molecule has 6 nitrogen and oxygen atoms in total. The highest BCUT2D eigenvalue weighted by molar-refractivity contribution is 7.89. The van der Waals surface area contributed by atoms with E-state index < -0.39 is 15.9 Å². The summed E-state index contributed by atoms with van der Waals surface area (Å²) < 4.78 is 29.2. The first-order valence-electron chi connectivity index (χ1n) is 8.95. The summed E-state index contributed by atoms with van der Waals surface area (Å²) in [5.74, 6) is -0.433. The third-order valence-electron chi connectivity index (χ3n) is 4.76. The number of benzene rings is 2. The Morgan fingerprint density at radius 1 is 1.21 bits per heavy atom. The molecule has 29 heavy (non-hydrogen) atoms. The predicted molar refractivity (Wildman–Crippen MR) is 117 cm³/mol. The number of carbonyl (C=O) groups is 1. The topological polar surface area (TPSA) is 71.7 Å². The molecule has 0 aliphatic heterocycles. The Morgan fingerprint density at radius 2 is 1.83 bits per heavy atom. The number of carbonyl (C=O) groups excluding carboxylic acids is 1. The number of sulfonamides is 1. The number of thiazole rings is 1. The number of nitrogens with zero attached hydrogens (tertiary/aromatic N) is 3. The number of hydrogen-bond acceptors (Lipinski definition) is 4. The van der Waals surface area contributed by atoms with E-state index in [2.05, 4.69) is 4.99 Å². The summed E-state index contributed by atoms with van der Waals surface area (Å²) in [7, 11) is -0.213. The molecule has 0 atom stereocenters. The molecular formula is C20H22ClN3O3S2. The minimum atomic E-state index is -3.60. The van der Waals surface area contributed by atoms with Crippen LogP contribution in [0.1, 0.15) is 29.8 Å². The van der Waals surface area contributed by atoms with Gasteiger partial charge in [-0.3, -0.25) is 4.79 Å². The van der Waals surface area contributed by atoms with Crippen LogP contribution in [0.3, 0.4) is 0 Å². The summed E-state index contributed by atoms with van der Waals surface area (Å²) in [6, 6.07) is 9.40. The first-order chi connectivity index (χ1) is 13.5. The second-order valence-corrected chi connectivity index (χ2v) is 10.5. The van der Waals surface area contributed by atoms with Crippen LogP contribution < -0.4 is 4.80 Å². The zero-order chi connectivity index (χ0) is 21.5. The van der Waals surface area contributed by atoms with Gasteiger partial charge >= 0.3 is 0 Å². The molecule has 0 radical (unpaired) electrons. The van der Waals surface area contributed by atoms with Gasteiger partial charge in [-0.2, -0.15) is 9.30 Å². The quantitative estimate of drug-likeness (QED) is 0.602. The fourth-order valence-electron chi connectivity index (χ4n) is 2.94. The molecule has 1 aromatic heterocycles. The number of aryl methyl sites for hydroxylation is 2. The van der Waals surface area contributed by atoms with Crippen LogP contribution in [0, 0.1) is 6.92 Å². The van der Waals surface area contributed by atoms with Gasteiger partial charge in [-0.15, -0.1) is 0 Å². The second kappa shape index (κ2) is 8.02. The van der Waals surface area contributed by atoms with E-state index >= 15 is 0 Å². The Morgan fingerprint density at radius 3 is 2.41 bits per heavy atom. The van der Waals surface area contributed by atoms with Gasteiger partial charge in [0.1, 0.15) is 0 Å². The van der Waals surface area contributed by atoms with Crippen molar-refractivity contribution in [3.05, 3.63) is 57.3 Å². The van der Waals surface area contributed by atoms with Crippen molar-refractivity contribution >= 4 is 49.1 Å². The molecule has 0 saturated heterocycles. The smallest absolute Gasteiger partial charge is 0.279 e. The Kier molecular flexibility index (Phi) is 6.01. The monoisotopic (exact) mass is 451 g/mol. The lowest BCUT2D eigenvalue weighted by atomic mass is 10.2. The van der Waals surface area contributed by atoms with Crippen LogP contribution in [0.15, 0.2) is 46.3 Å². The molecule has 9 heteroatoms. The van der Waals surface area contributed by atoms with Crippen LogP contribution in [-0.2, 0) is 17.1 Å². The molecule has 0 aliphatic rings. The molecule has 1 heterocycles. The summed E-state index contributed by atoms with van der Waals surface area (Å²) in [5.41, 5.74) is 2.30. The average Bonchev–Trinajstić information content (AvgIpc) is 2.96. The highest BCUT2D eigenvalue weighted by Gasteiger charge is 2.23. The summed E-state index contributed by atoms with van der Waals surface area (Å²) in [6.07, 6.45) is 0. The summed E-state index contributed by atoms with van der Waals surface area (Å²) >= 11 is 7.51. The van der Waals surface area contributed by atoms with Gasteiger partial charge in [0.2, 0.25) is 10.0 Å². The van der Waals surface area contributed by atoms with E-state index in [1.54, 1.807) is 13.8 Å². The predicted octanol–water partition coefficient (Wildman–Crippen LogP) is 3.97. The molecule has 3 aromatic rings. The highest BCUT2D eigenvalue weighted by atomic mass is 35.5. The molecule has 0 unspecified atom stereocenters. The molecule has 0 N–H and O–H groups in total. The maximum absolute atomic E-state index is 12.6. The number of fused-ring (bicyclic) bond motifs is 1. The van der Waals surface area contributed by atoms with Gasteiger partial charge in [0, 0.05) is 30.7 Å². The van der Waals surface area contributed by atoms with Gasteiger partial charge in [-0.05, 0) is 62.7 Å². The zero-order valence-corrected chi connectivity index (χ0v) is 19.2. The van der Waals surface area contributed by atoms with Crippen molar-refractivity contribution in [2.45, 2.75) is 31.7 Å². The minimum absolute atomic E-state index is 0.142. The van der Waals surface area contributed by atoms with E-state index in [-0.39, 0.29) is 10.9 Å². The Labute approximate surface area is 179 Å². The van der Waals surface area contributed by atoms with E-state index in [0.29, 0.717) is 15.4 Å². The third-order valence-corrected chi connectivity index (χ3v) is 8.10. The van der Waals surface area contributed by atoms with Crippen molar-refractivity contribution in [2.24, 2.45) is 12.0 Å². The largest absolute Gasteiger partial charge is 0.319 e. The van der Waals surface area contributed by atoms with Crippen molar-refractivity contribution in [1.82, 2.24) is 8.87 Å². The van der Waals surface area contributed by atoms with Crippen LogP contribution in [0.4, 0.5) is 0 Å². The lowest BCUT2D eigenvalue weighted by molar-refractivity contribution is 0.0998. The fourth-order valence-corrected chi connectivity index (χ4v) is 5.78. The van der Waals surface area contributed by atoms with E-state index in [4.69, 9.17) is 11.6 Å². The first kappa shape index (κ1) is 21.7. The Hall–Kier alpha value is -2.00. The average molecular weight is 452 g/mol. The maximum Gasteiger partial charge on any atom is 0.279 e. The molecule has 0 spiro atoms. The zero-order valence-electron chi connectivity index (χ0n) is 16.8. The molecule has 3 rings (SSSR count). The summed E-state index contributed by atoms with van der Waals surface area (Å²) in [4.78, 5) is 17.6. The molecule has 154 valence electrons. The standard InChI is InChI=1S/C20H22ClN3O3S2/c1-12(2)24(5)29(26,27)16-8-6-14(7-9-16)19(25)22-20-23(4)18-13(3)10-15(21)11-17(18)28-20/h6-12H,1-5H3. The minimum Gasteiger partial charge on any atom is -0.319 e. The van der Waals surface area contributed by atoms with Crippen molar-refractivity contribution in [2.75, 3.05) is 7.05 Å². The van der Waals surface area contributed by atoms with Crippen LogP contribution in [0.2, 0.25) is 5.02 Å². The van der Waals surface area contributed by atoms with Crippen LogP contribution >= 0.6 is 22.9 Å². The van der Waals surface area contributed by atoms with Crippen molar-refractivity contribution in [3.8, 4) is 0 Å². The maximum atomic E-state index is 12.6. The second-order valence-electron chi connectivity index (χ2n) is 7.07. The van der Waals surface area contributed by atoms with Crippen LogP contribution in [-0.4, -0.2) is 36.3 Å². The van der Waals surface area contributed by atoms with Crippen molar-refractivity contribution in [1.29, 1.82) is 0 Å². The van der Waals surface area contributed by atoms with Gasteiger partial charge in [-0.25, -0.2) is 8.42 Å². The van der Waals surface area contributed by atoms with Crippen LogP contribution in [0.25, 0.3) is 10.2 Å². The summed E-state index contributed by atoms with van der Waals surface area (Å²) in [5, 5.41) is 0.637. The number of hydrogen-bond donors (Lipinski definition) is 0. The molecule has 0 fully saturated rings. The van der Waals surface area contributed by atoms with Crippen molar-refractivity contribution in [3.63, 3.8) is 0 Å². The van der Waals surface area contributed by atoms with E-state index in [0.717, 1.165) is 15.8 Å². The summed E-state index contributed by atoms with van der Waals surface area (Å²) in [6.45, 7) is 5.56. The van der Waals surface area contributed by atoms with Gasteiger partial charge in [0.15, 0.2) is 4.80 Å². The number of aromatic nitrogens is 1. The van der Waals surface area contributed by atoms with Crippen molar-refractivity contribution < 1.29 is 13.2 Å². The van der Waals surface area contributed by atoms with E-state index in [1.807, 2.05) is 30.7 Å². The lowest BCUT2D eigenvalue weighted by Gasteiger charge is -2.20. The molecule has 0 aliphatic carbocycles. The first-order valence-corrected chi connectivity index (χ1v) is 11.6. The number of amides is 1. The van der Waals surface area contributed by atoms with Gasteiger partial charge < -0.3 is 4.57 Å². The van der Waals surface area contributed by atoms with Gasteiger partial charge in [-0.1, -0.05) is 22.9 Å². The lowest BCUT2D eigenvalue weighted by Crippen LogP contribution is -2.33. The highest BCUT2D eigenvalue weighted by Crippen LogP contribution is 2.25. The molecule has 0 bridgehead atoms. The number of halogens is 1. The van der Waals surface area contributed by atoms with E-state index in [9.17, 15) is 13.2 Å². The third kappa shape index (κ3) is 4.16. The van der Waals surface area contributed by atoms with Gasteiger partial charge in [0.05, 0.1) is 15.1 Å². The Bertz CT molecular complexity index is 1260. The van der Waals surface area contributed by atoms with Crippen LogP contribution in [0.5, 0.6) is 0 Å². The SMILES string of the molecule is Cc1cc(Cl)cc2sc(=NC(=O)c3ccc(S(=O)(=O)N(C)C(C)C)cc3)n(C)c12. The Balaban J connectivity index is 1.97. The molecule has 0 saturated carbocycles. The van der Waals surface area contributed by atoms with E-state index in [1.165, 1.54) is 47.0 Å². The number of rotatable bonds is 4. The molecule has 2 aromatic carbocycles. The van der Waals surface area contributed by atoms with Gasteiger partial charge in [0.25, 0.3) is 5.91 Å². The molecule has 1 amide bonds.